The van der Waals surface area contributed by atoms with Gasteiger partial charge in [-0.3, -0.25) is 9.59 Å². The van der Waals surface area contributed by atoms with Gasteiger partial charge in [0.05, 0.1) is 5.52 Å². The van der Waals surface area contributed by atoms with Crippen LogP contribution in [0.1, 0.15) is 0 Å². The largest absolute Gasteiger partial charge is 0.724 e. The van der Waals surface area contributed by atoms with Gasteiger partial charge < -0.3 is 10.4 Å². The Morgan fingerprint density at radius 3 is 2.67 bits per heavy atom. The van der Waals surface area contributed by atoms with Crippen molar-refractivity contribution >= 4 is 32.9 Å². The molecule has 2 aromatic rings. The molecule has 1 heterocycles. The first-order chi connectivity index (χ1) is 7.19. The lowest BCUT2D eigenvalue weighted by Crippen LogP contribution is -1.99. The fourth-order valence-corrected chi connectivity index (χ4v) is 1.51. The van der Waals surface area contributed by atoms with Crippen molar-refractivity contribution in [1.29, 1.82) is 0 Å². The zero-order valence-electron chi connectivity index (χ0n) is 7.53. The highest BCUT2D eigenvalue weighted by Crippen LogP contribution is 2.14. The smallest absolute Gasteiger partial charge is 0.189 e. The van der Waals surface area contributed by atoms with E-state index in [4.69, 9.17) is 10.2 Å². The number of carbonyl (C=O) groups excluding carboxylic acids is 1. The summed E-state index contributed by atoms with van der Waals surface area (Å²) in [5.41, 5.74) is 0.910. The number of fused-ring (bicyclic) bond motifs is 1. The normalized spacial score (nSPS) is 8.87. The number of benzene rings is 1. The van der Waals surface area contributed by atoms with Crippen LogP contribution in [-0.4, -0.2) is 11.1 Å². The zero-order chi connectivity index (χ0) is 11.3. The molecule has 0 radical (unpaired) electrons. The summed E-state index contributed by atoms with van der Waals surface area (Å²) in [4.78, 5) is 22.5. The predicted octanol–water partition coefficient (Wildman–Crippen LogP) is 2.18. The van der Waals surface area contributed by atoms with E-state index in [1.165, 1.54) is 6.07 Å². The van der Waals surface area contributed by atoms with Crippen molar-refractivity contribution < 1.29 is 4.79 Å². The van der Waals surface area contributed by atoms with Gasteiger partial charge in [-0.25, -0.2) is 0 Å². The fourth-order valence-electron chi connectivity index (χ4n) is 1.15. The van der Waals surface area contributed by atoms with Crippen LogP contribution >= 0.6 is 15.9 Å². The van der Waals surface area contributed by atoms with Gasteiger partial charge in [0.1, 0.15) is 0 Å². The van der Waals surface area contributed by atoms with Crippen molar-refractivity contribution in [2.75, 3.05) is 0 Å². The number of nitrogens with zero attached hydrogens (tertiary/aromatic N) is 1. The van der Waals surface area contributed by atoms with E-state index in [2.05, 4.69) is 20.9 Å². The van der Waals surface area contributed by atoms with E-state index < -0.39 is 0 Å². The molecule has 0 aliphatic rings. The molecule has 1 aromatic heterocycles. The van der Waals surface area contributed by atoms with E-state index in [1.54, 1.807) is 12.3 Å². The van der Waals surface area contributed by atoms with Crippen molar-refractivity contribution in [2.24, 2.45) is 0 Å². The van der Waals surface area contributed by atoms with Crippen LogP contribution in [0, 0.1) is 0 Å². The first-order valence-electron chi connectivity index (χ1n) is 3.97. The molecule has 15 heavy (non-hydrogen) atoms. The number of H-pyrrole nitrogens is 1. The molecular formula is C10H6BrN2O2-. The quantitative estimate of drug-likeness (QED) is 0.586. The van der Waals surface area contributed by atoms with Crippen molar-refractivity contribution in [3.8, 4) is 0 Å². The third-order valence-electron chi connectivity index (χ3n) is 1.72. The molecule has 1 aromatic carbocycles. The van der Waals surface area contributed by atoms with Crippen LogP contribution in [-0.2, 0) is 4.79 Å². The molecule has 0 amide bonds. The number of hydrogen-bond acceptors (Lipinski definition) is 2. The minimum atomic E-state index is 0.0521. The van der Waals surface area contributed by atoms with Gasteiger partial charge in [-0.05, 0) is 24.3 Å². The number of pyridine rings is 1. The molecule has 1 N–H and O–H groups in total. The van der Waals surface area contributed by atoms with Gasteiger partial charge in [0.15, 0.2) is 5.43 Å². The monoisotopic (exact) mass is 265 g/mol. The minimum Gasteiger partial charge on any atom is -0.724 e. The Morgan fingerprint density at radius 2 is 2.00 bits per heavy atom. The molecule has 0 spiro atoms. The van der Waals surface area contributed by atoms with Gasteiger partial charge in [0.25, 0.3) is 0 Å². The van der Waals surface area contributed by atoms with Crippen molar-refractivity contribution in [2.45, 2.75) is 0 Å². The van der Waals surface area contributed by atoms with E-state index >= 15 is 0 Å². The van der Waals surface area contributed by atoms with Gasteiger partial charge >= 0.3 is 0 Å². The van der Waals surface area contributed by atoms with Crippen LogP contribution in [0.4, 0.5) is 0 Å². The summed E-state index contributed by atoms with van der Waals surface area (Å²) in [5, 5.41) is 7.49. The number of rotatable bonds is 0. The summed E-state index contributed by atoms with van der Waals surface area (Å²) < 4.78 is 0.969. The van der Waals surface area contributed by atoms with E-state index in [0.717, 1.165) is 15.4 Å². The summed E-state index contributed by atoms with van der Waals surface area (Å²) in [6.45, 7) is 0. The number of hydrogen-bond donors (Lipinski definition) is 1. The third-order valence-corrected chi connectivity index (χ3v) is 2.21. The van der Waals surface area contributed by atoms with Crippen LogP contribution in [0.25, 0.3) is 16.3 Å². The fraction of sp³-hybridized carbons (Fsp3) is 0. The van der Waals surface area contributed by atoms with E-state index in [1.807, 2.05) is 12.1 Å². The lowest BCUT2D eigenvalue weighted by Gasteiger charge is -1.95. The van der Waals surface area contributed by atoms with Crippen LogP contribution in [0.15, 0.2) is 39.7 Å². The Morgan fingerprint density at radius 1 is 1.33 bits per heavy atom. The van der Waals surface area contributed by atoms with Crippen LogP contribution in [0.5, 0.6) is 0 Å². The molecule has 0 saturated heterocycles. The SMILES string of the molecule is O=c1cc[nH]c2cc(Br)ccc12.[N-]=C=O. The summed E-state index contributed by atoms with van der Waals surface area (Å²) in [7, 11) is 0. The van der Waals surface area contributed by atoms with Crippen LogP contribution < -0.4 is 5.43 Å². The number of aromatic amines is 1. The minimum absolute atomic E-state index is 0.0521. The Balaban J connectivity index is 0.000000337. The molecule has 0 bridgehead atoms. The standard InChI is InChI=1S/C9H6BrNO.CNO/c10-6-1-2-7-8(5-6)11-4-3-9(7)12;2-1-3/h1-5H,(H,11,12);/q;-1. The molecular weight excluding hydrogens is 260 g/mol. The van der Waals surface area contributed by atoms with E-state index in [-0.39, 0.29) is 5.43 Å². The highest BCUT2D eigenvalue weighted by molar-refractivity contribution is 9.10. The Labute approximate surface area is 93.6 Å². The molecule has 4 nitrogen and oxygen atoms in total. The second-order valence-electron chi connectivity index (χ2n) is 2.62. The summed E-state index contributed by atoms with van der Waals surface area (Å²) >= 11 is 3.33. The van der Waals surface area contributed by atoms with Gasteiger partial charge in [-0.15, -0.1) is 0 Å². The molecule has 0 unspecified atom stereocenters. The second kappa shape index (κ2) is 5.24. The lowest BCUT2D eigenvalue weighted by molar-refractivity contribution is 0.569. The maximum atomic E-state index is 11.3. The zero-order valence-corrected chi connectivity index (χ0v) is 9.11. The van der Waals surface area contributed by atoms with Gasteiger partial charge in [0.2, 0.25) is 0 Å². The van der Waals surface area contributed by atoms with Gasteiger partial charge in [-0.1, -0.05) is 15.9 Å². The summed E-state index contributed by atoms with van der Waals surface area (Å²) in [5.74, 6) is 0. The van der Waals surface area contributed by atoms with Crippen molar-refractivity contribution in [3.63, 3.8) is 0 Å². The molecule has 0 aliphatic heterocycles. The molecule has 0 fully saturated rings. The van der Waals surface area contributed by atoms with E-state index in [9.17, 15) is 4.79 Å². The molecule has 0 atom stereocenters. The Kier molecular flexibility index (Phi) is 3.97. The predicted molar refractivity (Wildman–Crippen MR) is 61.3 cm³/mol. The molecule has 2 rings (SSSR count). The third kappa shape index (κ3) is 2.87. The lowest BCUT2D eigenvalue weighted by atomic mass is 10.2. The number of nitrogens with one attached hydrogen (secondary N) is 1. The number of halogens is 1. The van der Waals surface area contributed by atoms with E-state index in [0.29, 0.717) is 6.08 Å². The average molecular weight is 266 g/mol. The number of isocyanates is 1. The molecule has 0 saturated carbocycles. The van der Waals surface area contributed by atoms with Crippen molar-refractivity contribution in [1.82, 2.24) is 4.98 Å². The molecule has 0 aliphatic carbocycles. The summed E-state index contributed by atoms with van der Waals surface area (Å²) in [6.07, 6.45) is 2.15. The first-order valence-corrected chi connectivity index (χ1v) is 4.76. The summed E-state index contributed by atoms with van der Waals surface area (Å²) in [6, 6.07) is 7.07. The second-order valence-corrected chi connectivity index (χ2v) is 3.54. The maximum absolute atomic E-state index is 11.3. The molecule has 76 valence electrons. The average Bonchev–Trinajstić information content (AvgIpc) is 2.19. The Bertz CT molecular complexity index is 557. The number of aromatic nitrogens is 1. The topological polar surface area (TPSA) is 72.2 Å². The van der Waals surface area contributed by atoms with Gasteiger partial charge in [0, 0.05) is 22.1 Å². The van der Waals surface area contributed by atoms with Gasteiger partial charge in [-0.2, -0.15) is 0 Å². The maximum Gasteiger partial charge on any atom is 0.189 e. The van der Waals surface area contributed by atoms with Crippen molar-refractivity contribution in [3.05, 3.63) is 50.6 Å². The first kappa shape index (κ1) is 11.4. The Hall–Kier alpha value is -1.71. The molecule has 5 heteroatoms. The van der Waals surface area contributed by atoms with Crippen LogP contribution in [0.2, 0.25) is 0 Å². The highest BCUT2D eigenvalue weighted by atomic mass is 79.9. The highest BCUT2D eigenvalue weighted by Gasteiger charge is 1.96. The van der Waals surface area contributed by atoms with Crippen LogP contribution in [0.3, 0.4) is 0 Å².